The highest BCUT2D eigenvalue weighted by Gasteiger charge is 2.31. The van der Waals surface area contributed by atoms with Gasteiger partial charge in [0.15, 0.2) is 0 Å². The van der Waals surface area contributed by atoms with Crippen LogP contribution in [0, 0.1) is 0 Å². The second kappa shape index (κ2) is 8.29. The lowest BCUT2D eigenvalue weighted by molar-refractivity contribution is -0.137. The maximum Gasteiger partial charge on any atom is 0.416 e. The Balaban J connectivity index is 1.91. The molecular formula is C21H18ClF3N2O2. The number of carbonyl (C=O) groups excluding carboxylic acids is 1. The van der Waals surface area contributed by atoms with Gasteiger partial charge in [0.1, 0.15) is 5.56 Å². The van der Waals surface area contributed by atoms with Crippen LogP contribution in [0.25, 0.3) is 10.9 Å². The minimum Gasteiger partial charge on any atom is -0.352 e. The molecule has 0 saturated heterocycles. The number of alkyl halides is 3. The van der Waals surface area contributed by atoms with E-state index >= 15 is 0 Å². The van der Waals surface area contributed by atoms with Crippen LogP contribution in [0.1, 0.15) is 28.4 Å². The van der Waals surface area contributed by atoms with E-state index in [4.69, 9.17) is 11.6 Å². The molecule has 1 amide bonds. The molecule has 0 unspecified atom stereocenters. The van der Waals surface area contributed by atoms with Gasteiger partial charge in [-0.3, -0.25) is 9.59 Å². The molecule has 0 aliphatic carbocycles. The summed E-state index contributed by atoms with van der Waals surface area (Å²) in [6.45, 7) is 2.40. The quantitative estimate of drug-likeness (QED) is 0.649. The molecule has 0 aliphatic rings. The summed E-state index contributed by atoms with van der Waals surface area (Å²) >= 11 is 6.08. The Morgan fingerprint density at radius 2 is 1.90 bits per heavy atom. The molecule has 152 valence electrons. The van der Waals surface area contributed by atoms with Gasteiger partial charge in [0.05, 0.1) is 11.1 Å². The Bertz CT molecular complexity index is 1120. The van der Waals surface area contributed by atoms with Crippen molar-refractivity contribution in [1.29, 1.82) is 0 Å². The van der Waals surface area contributed by atoms with Gasteiger partial charge in [0.25, 0.3) is 5.91 Å². The molecule has 8 heteroatoms. The Hall–Kier alpha value is -2.80. The molecule has 1 aromatic heterocycles. The van der Waals surface area contributed by atoms with Crippen LogP contribution in [-0.2, 0) is 19.1 Å². The number of fused-ring (bicyclic) bond motifs is 1. The molecule has 0 atom stereocenters. The molecule has 2 aromatic carbocycles. The highest BCUT2D eigenvalue weighted by molar-refractivity contribution is 6.31. The Kier molecular flexibility index (Phi) is 5.98. The first-order chi connectivity index (χ1) is 13.7. The molecule has 4 nitrogen and oxygen atoms in total. The first-order valence-electron chi connectivity index (χ1n) is 8.98. The van der Waals surface area contributed by atoms with E-state index in [9.17, 15) is 22.8 Å². The van der Waals surface area contributed by atoms with Crippen molar-refractivity contribution in [2.24, 2.45) is 0 Å². The first-order valence-corrected chi connectivity index (χ1v) is 9.36. The van der Waals surface area contributed by atoms with Gasteiger partial charge in [0, 0.05) is 29.7 Å². The lowest BCUT2D eigenvalue weighted by Gasteiger charge is -2.14. The smallest absolute Gasteiger partial charge is 0.352 e. The van der Waals surface area contributed by atoms with Crippen LogP contribution < -0.4 is 10.7 Å². The minimum atomic E-state index is -4.58. The monoisotopic (exact) mass is 422 g/mol. The number of benzene rings is 2. The Labute approximate surface area is 169 Å². The number of nitrogens with zero attached hydrogens (tertiary/aromatic N) is 1. The first kappa shape index (κ1) is 20.9. The molecule has 0 aliphatic heterocycles. The topological polar surface area (TPSA) is 51.1 Å². The van der Waals surface area contributed by atoms with E-state index in [1.54, 1.807) is 23.6 Å². The van der Waals surface area contributed by atoms with Gasteiger partial charge in [0.2, 0.25) is 5.43 Å². The highest BCUT2D eigenvalue weighted by atomic mass is 35.5. The van der Waals surface area contributed by atoms with Crippen LogP contribution in [0.3, 0.4) is 0 Å². The van der Waals surface area contributed by atoms with Gasteiger partial charge >= 0.3 is 6.18 Å². The lowest BCUT2D eigenvalue weighted by atomic mass is 10.1. The average Bonchev–Trinajstić information content (AvgIpc) is 2.68. The van der Waals surface area contributed by atoms with Crippen LogP contribution in [0.2, 0.25) is 5.02 Å². The van der Waals surface area contributed by atoms with E-state index in [1.807, 2.05) is 12.1 Å². The number of pyridine rings is 1. The summed E-state index contributed by atoms with van der Waals surface area (Å²) in [6.07, 6.45) is -2.74. The zero-order valence-corrected chi connectivity index (χ0v) is 16.3. The number of rotatable bonds is 5. The van der Waals surface area contributed by atoms with E-state index in [0.29, 0.717) is 23.5 Å². The SMILES string of the molecule is CCn1cc(C(=O)NCCc2ccccc2Cl)c(=O)c2cc(C(F)(F)F)ccc21. The van der Waals surface area contributed by atoms with E-state index in [1.165, 1.54) is 12.3 Å². The van der Waals surface area contributed by atoms with E-state index in [2.05, 4.69) is 5.32 Å². The Morgan fingerprint density at radius 1 is 1.17 bits per heavy atom. The molecule has 0 spiro atoms. The number of hydrogen-bond acceptors (Lipinski definition) is 2. The summed E-state index contributed by atoms with van der Waals surface area (Å²) < 4.78 is 40.7. The van der Waals surface area contributed by atoms with Crippen molar-refractivity contribution in [1.82, 2.24) is 9.88 Å². The molecule has 0 saturated carbocycles. The summed E-state index contributed by atoms with van der Waals surface area (Å²) in [5.41, 5.74) is -0.670. The van der Waals surface area contributed by atoms with E-state index < -0.39 is 23.1 Å². The van der Waals surface area contributed by atoms with Crippen LogP contribution in [0.4, 0.5) is 13.2 Å². The van der Waals surface area contributed by atoms with Crippen molar-refractivity contribution in [3.8, 4) is 0 Å². The zero-order valence-electron chi connectivity index (χ0n) is 15.5. The average molecular weight is 423 g/mol. The van der Waals surface area contributed by atoms with Gasteiger partial charge < -0.3 is 9.88 Å². The molecule has 0 radical (unpaired) electrons. The predicted octanol–water partition coefficient (Wildman–Crippen LogP) is 4.67. The van der Waals surface area contributed by atoms with E-state index in [-0.39, 0.29) is 17.5 Å². The number of hydrogen-bond donors (Lipinski definition) is 1. The molecule has 0 fully saturated rings. The van der Waals surface area contributed by atoms with Crippen molar-refractivity contribution in [3.63, 3.8) is 0 Å². The van der Waals surface area contributed by atoms with Gasteiger partial charge in [-0.25, -0.2) is 0 Å². The minimum absolute atomic E-state index is 0.138. The molecule has 1 N–H and O–H groups in total. The fourth-order valence-electron chi connectivity index (χ4n) is 3.10. The summed E-state index contributed by atoms with van der Waals surface area (Å²) in [6, 6.07) is 10.2. The number of amides is 1. The predicted molar refractivity (Wildman–Crippen MR) is 106 cm³/mol. The number of carbonyl (C=O) groups is 1. The fraction of sp³-hybridized carbons (Fsp3) is 0.238. The molecular weight excluding hydrogens is 405 g/mol. The van der Waals surface area contributed by atoms with Crippen molar-refractivity contribution in [2.45, 2.75) is 26.1 Å². The number of aryl methyl sites for hydroxylation is 1. The van der Waals surface area contributed by atoms with Crippen LogP contribution >= 0.6 is 11.6 Å². The maximum absolute atomic E-state index is 13.1. The Morgan fingerprint density at radius 3 is 2.55 bits per heavy atom. The largest absolute Gasteiger partial charge is 0.416 e. The summed E-state index contributed by atoms with van der Waals surface area (Å²) in [5, 5.41) is 3.07. The second-order valence-corrected chi connectivity index (χ2v) is 6.89. The van der Waals surface area contributed by atoms with Gasteiger partial charge in [-0.2, -0.15) is 13.2 Å². The molecule has 0 bridgehead atoms. The highest BCUT2D eigenvalue weighted by Crippen LogP contribution is 2.30. The summed E-state index contributed by atoms with van der Waals surface area (Å²) in [7, 11) is 0. The van der Waals surface area contributed by atoms with Crippen molar-refractivity contribution >= 4 is 28.4 Å². The normalized spacial score (nSPS) is 11.6. The van der Waals surface area contributed by atoms with E-state index in [0.717, 1.165) is 17.7 Å². The van der Waals surface area contributed by atoms with Crippen molar-refractivity contribution in [3.05, 3.63) is 80.6 Å². The van der Waals surface area contributed by atoms with Crippen molar-refractivity contribution in [2.75, 3.05) is 6.54 Å². The lowest BCUT2D eigenvalue weighted by Crippen LogP contribution is -2.31. The molecule has 3 rings (SSSR count). The summed E-state index contributed by atoms with van der Waals surface area (Å²) in [5.74, 6) is -0.636. The maximum atomic E-state index is 13.1. The standard InChI is InChI=1S/C21H18ClF3N2O2/c1-2-27-12-16(20(29)26-10-9-13-5-3-4-6-17(13)22)19(28)15-11-14(21(23,24)25)7-8-18(15)27/h3-8,11-12H,2,9-10H2,1H3,(H,26,29). The van der Waals surface area contributed by atoms with Crippen LogP contribution in [0.15, 0.2) is 53.5 Å². The number of nitrogens with one attached hydrogen (secondary N) is 1. The third-order valence-electron chi connectivity index (χ3n) is 4.63. The van der Waals surface area contributed by atoms with Gasteiger partial charge in [-0.15, -0.1) is 0 Å². The third kappa shape index (κ3) is 4.45. The molecule has 1 heterocycles. The summed E-state index contributed by atoms with van der Waals surface area (Å²) in [4.78, 5) is 25.3. The van der Waals surface area contributed by atoms with Crippen LogP contribution in [0.5, 0.6) is 0 Å². The zero-order chi connectivity index (χ0) is 21.2. The van der Waals surface area contributed by atoms with Gasteiger partial charge in [-0.05, 0) is 43.2 Å². The third-order valence-corrected chi connectivity index (χ3v) is 5.00. The molecule has 29 heavy (non-hydrogen) atoms. The second-order valence-electron chi connectivity index (χ2n) is 6.48. The fourth-order valence-corrected chi connectivity index (χ4v) is 3.33. The number of aromatic nitrogens is 1. The molecule has 3 aromatic rings. The van der Waals surface area contributed by atoms with Gasteiger partial charge in [-0.1, -0.05) is 29.8 Å². The van der Waals surface area contributed by atoms with Crippen LogP contribution in [-0.4, -0.2) is 17.0 Å². The van der Waals surface area contributed by atoms with Crippen molar-refractivity contribution < 1.29 is 18.0 Å². The number of halogens is 4.